The summed E-state index contributed by atoms with van der Waals surface area (Å²) < 4.78 is 0. The molecule has 0 spiro atoms. The lowest BCUT2D eigenvalue weighted by molar-refractivity contribution is 0.201. The average Bonchev–Trinajstić information content (AvgIpc) is 2.19. The summed E-state index contributed by atoms with van der Waals surface area (Å²) in [6.45, 7) is 11.8. The van der Waals surface area contributed by atoms with Gasteiger partial charge in [0.25, 0.3) is 0 Å². The van der Waals surface area contributed by atoms with E-state index in [1.54, 1.807) is 0 Å². The lowest BCUT2D eigenvalue weighted by Gasteiger charge is -2.33. The highest BCUT2D eigenvalue weighted by Crippen LogP contribution is 2.09. The minimum absolute atomic E-state index is 0. The lowest BCUT2D eigenvalue weighted by Crippen LogP contribution is -2.46. The van der Waals surface area contributed by atoms with E-state index in [9.17, 15) is 0 Å². The van der Waals surface area contributed by atoms with Crippen LogP contribution in [0, 0.1) is 0 Å². The van der Waals surface area contributed by atoms with Gasteiger partial charge in [-0.25, -0.2) is 0 Å². The van der Waals surface area contributed by atoms with Gasteiger partial charge in [0.05, 0.1) is 0 Å². The minimum atomic E-state index is 0. The maximum absolute atomic E-state index is 3.78. The number of rotatable bonds is 5. The normalized spacial score (nSPS) is 19.9. The number of halogens is 2. The van der Waals surface area contributed by atoms with Crippen LogP contribution in [-0.2, 0) is 0 Å². The maximum atomic E-state index is 3.78. The van der Waals surface area contributed by atoms with E-state index in [0.29, 0.717) is 6.04 Å². The summed E-state index contributed by atoms with van der Waals surface area (Å²) in [4.78, 5) is 2.42. The molecule has 1 saturated heterocycles. The molecule has 1 fully saturated rings. The molecule has 1 rings (SSSR count). The molecule has 1 aliphatic rings. The first kappa shape index (κ1) is 17.4. The zero-order chi connectivity index (χ0) is 9.52. The van der Waals surface area contributed by atoms with Crippen LogP contribution in [0.15, 0.2) is 25.3 Å². The zero-order valence-electron chi connectivity index (χ0n) is 9.15. The van der Waals surface area contributed by atoms with Crippen LogP contribution >= 0.6 is 24.8 Å². The number of nitrogens with one attached hydrogen (secondary N) is 1. The Bertz CT molecular complexity index is 158. The second kappa shape index (κ2) is 10.5. The molecule has 1 heterocycles. The smallest absolute Gasteiger partial charge is 0.0227 e. The second-order valence-corrected chi connectivity index (χ2v) is 3.53. The fourth-order valence-corrected chi connectivity index (χ4v) is 1.85. The maximum Gasteiger partial charge on any atom is 0.0227 e. The molecule has 1 aliphatic heterocycles. The van der Waals surface area contributed by atoms with Gasteiger partial charge in [-0.3, -0.25) is 4.90 Å². The summed E-state index contributed by atoms with van der Waals surface area (Å²) in [5.41, 5.74) is 0. The number of hydrogen-bond donors (Lipinski definition) is 1. The summed E-state index contributed by atoms with van der Waals surface area (Å²) in [7, 11) is 0. The summed E-state index contributed by atoms with van der Waals surface area (Å²) in [5.74, 6) is 0. The van der Waals surface area contributed by atoms with Crippen molar-refractivity contribution < 1.29 is 0 Å². The van der Waals surface area contributed by atoms with E-state index in [2.05, 4.69) is 23.4 Å². The van der Waals surface area contributed by atoms with Gasteiger partial charge in [-0.1, -0.05) is 12.2 Å². The van der Waals surface area contributed by atoms with Crippen molar-refractivity contribution in [2.75, 3.05) is 26.2 Å². The van der Waals surface area contributed by atoms with Crippen LogP contribution in [-0.4, -0.2) is 37.1 Å². The first-order valence-electron chi connectivity index (χ1n) is 5.05. The Morgan fingerprint density at radius 2 is 1.80 bits per heavy atom. The molecule has 0 amide bonds. The molecule has 2 nitrogen and oxygen atoms in total. The Balaban J connectivity index is 0. The van der Waals surface area contributed by atoms with Gasteiger partial charge in [-0.05, 0) is 19.4 Å². The number of hydrogen-bond acceptors (Lipinski definition) is 2. The molecule has 0 aliphatic carbocycles. The van der Waals surface area contributed by atoms with Gasteiger partial charge < -0.3 is 5.32 Å². The summed E-state index contributed by atoms with van der Waals surface area (Å²) in [6, 6.07) is 0.671. The van der Waals surface area contributed by atoms with Crippen LogP contribution in [0.1, 0.15) is 12.8 Å². The van der Waals surface area contributed by atoms with Gasteiger partial charge in [0, 0.05) is 25.7 Å². The summed E-state index contributed by atoms with van der Waals surface area (Å²) in [5, 5.41) is 3.42. The molecular formula is C11H22Cl2N2. The summed E-state index contributed by atoms with van der Waals surface area (Å²) >= 11 is 0. The van der Waals surface area contributed by atoms with Gasteiger partial charge in [-0.2, -0.15) is 0 Å². The molecule has 0 aromatic carbocycles. The van der Waals surface area contributed by atoms with Crippen molar-refractivity contribution in [3.05, 3.63) is 25.3 Å². The van der Waals surface area contributed by atoms with E-state index in [1.165, 1.54) is 19.4 Å². The van der Waals surface area contributed by atoms with Crippen molar-refractivity contribution in [2.45, 2.75) is 18.9 Å². The van der Waals surface area contributed by atoms with Crippen molar-refractivity contribution in [2.24, 2.45) is 0 Å². The van der Waals surface area contributed by atoms with E-state index in [0.717, 1.165) is 19.6 Å². The van der Waals surface area contributed by atoms with E-state index in [4.69, 9.17) is 0 Å². The Kier molecular flexibility index (Phi) is 12.2. The Morgan fingerprint density at radius 3 is 2.20 bits per heavy atom. The molecule has 0 aromatic rings. The molecule has 0 saturated carbocycles. The molecular weight excluding hydrogens is 231 g/mol. The Hall–Kier alpha value is -0.0200. The largest absolute Gasteiger partial charge is 0.315 e. The SMILES string of the molecule is C=CCN(CC=C)C1CCCNC1.Cl.Cl. The van der Waals surface area contributed by atoms with Crippen molar-refractivity contribution in [1.29, 1.82) is 0 Å². The molecule has 90 valence electrons. The third-order valence-corrected chi connectivity index (χ3v) is 2.51. The number of piperidine rings is 1. The molecule has 1 atom stereocenters. The van der Waals surface area contributed by atoms with Crippen LogP contribution < -0.4 is 5.32 Å². The first-order chi connectivity index (χ1) is 6.38. The van der Waals surface area contributed by atoms with Gasteiger partial charge in [0.2, 0.25) is 0 Å². The third-order valence-electron chi connectivity index (χ3n) is 2.51. The molecule has 1 N–H and O–H groups in total. The average molecular weight is 253 g/mol. The van der Waals surface area contributed by atoms with Crippen LogP contribution in [0.2, 0.25) is 0 Å². The van der Waals surface area contributed by atoms with Gasteiger partial charge in [0.1, 0.15) is 0 Å². The molecule has 15 heavy (non-hydrogen) atoms. The molecule has 4 heteroatoms. The van der Waals surface area contributed by atoms with Gasteiger partial charge >= 0.3 is 0 Å². The van der Waals surface area contributed by atoms with Crippen LogP contribution in [0.5, 0.6) is 0 Å². The van der Waals surface area contributed by atoms with E-state index >= 15 is 0 Å². The quantitative estimate of drug-likeness (QED) is 0.756. The highest BCUT2D eigenvalue weighted by molar-refractivity contribution is 5.85. The second-order valence-electron chi connectivity index (χ2n) is 3.53. The Morgan fingerprint density at radius 1 is 1.20 bits per heavy atom. The fraction of sp³-hybridized carbons (Fsp3) is 0.636. The lowest BCUT2D eigenvalue weighted by atomic mass is 10.1. The number of nitrogens with zero attached hydrogens (tertiary/aromatic N) is 1. The highest BCUT2D eigenvalue weighted by atomic mass is 35.5. The predicted octanol–water partition coefficient (Wildman–Crippen LogP) is 2.26. The molecule has 0 radical (unpaired) electrons. The predicted molar refractivity (Wildman–Crippen MR) is 72.4 cm³/mol. The van der Waals surface area contributed by atoms with E-state index in [1.807, 2.05) is 12.2 Å². The van der Waals surface area contributed by atoms with Crippen molar-refractivity contribution in [3.8, 4) is 0 Å². The summed E-state index contributed by atoms with van der Waals surface area (Å²) in [6.07, 6.45) is 6.53. The zero-order valence-corrected chi connectivity index (χ0v) is 10.8. The van der Waals surface area contributed by atoms with Crippen molar-refractivity contribution >= 4 is 24.8 Å². The standard InChI is InChI=1S/C11H20N2.2ClH/c1-3-8-13(9-4-2)11-6-5-7-12-10-11;;/h3-4,11-12H,1-2,5-10H2;2*1H. The Labute approximate surface area is 106 Å². The molecule has 1 unspecified atom stereocenters. The molecule has 0 aromatic heterocycles. The topological polar surface area (TPSA) is 15.3 Å². The fourth-order valence-electron chi connectivity index (χ4n) is 1.85. The van der Waals surface area contributed by atoms with Crippen molar-refractivity contribution in [1.82, 2.24) is 10.2 Å². The first-order valence-corrected chi connectivity index (χ1v) is 5.05. The van der Waals surface area contributed by atoms with Gasteiger partial charge in [-0.15, -0.1) is 38.0 Å². The van der Waals surface area contributed by atoms with Crippen LogP contribution in [0.4, 0.5) is 0 Å². The van der Waals surface area contributed by atoms with E-state index in [-0.39, 0.29) is 24.8 Å². The van der Waals surface area contributed by atoms with Gasteiger partial charge in [0.15, 0.2) is 0 Å². The monoisotopic (exact) mass is 252 g/mol. The molecule has 0 bridgehead atoms. The van der Waals surface area contributed by atoms with Crippen LogP contribution in [0.3, 0.4) is 0 Å². The van der Waals surface area contributed by atoms with E-state index < -0.39 is 0 Å². The highest BCUT2D eigenvalue weighted by Gasteiger charge is 2.18. The van der Waals surface area contributed by atoms with Crippen LogP contribution in [0.25, 0.3) is 0 Å². The van der Waals surface area contributed by atoms with Crippen molar-refractivity contribution in [3.63, 3.8) is 0 Å². The third kappa shape index (κ3) is 6.21. The minimum Gasteiger partial charge on any atom is -0.315 e.